The molecular formula is C11H14Br2N2O2. The standard InChI is InChI=1S/C11H14Br2N2O2/c12-8-4-5-10(9(13)7-8)17-6-2-1-3-11(16)15-14/h4-5,7H,1-3,6,14H2,(H,15,16). The van der Waals surface area contributed by atoms with Crippen LogP contribution in [-0.2, 0) is 4.79 Å². The van der Waals surface area contributed by atoms with Gasteiger partial charge < -0.3 is 4.74 Å². The molecule has 1 rings (SSSR count). The van der Waals surface area contributed by atoms with Crippen LogP contribution in [0.2, 0.25) is 0 Å². The van der Waals surface area contributed by atoms with Crippen LogP contribution in [0, 0.1) is 0 Å². The minimum absolute atomic E-state index is 0.144. The van der Waals surface area contributed by atoms with Crippen molar-refractivity contribution in [1.82, 2.24) is 5.43 Å². The van der Waals surface area contributed by atoms with E-state index in [1.165, 1.54) is 0 Å². The summed E-state index contributed by atoms with van der Waals surface area (Å²) in [6, 6.07) is 5.74. The third kappa shape index (κ3) is 5.52. The molecule has 0 aliphatic carbocycles. The van der Waals surface area contributed by atoms with Crippen LogP contribution in [0.25, 0.3) is 0 Å². The van der Waals surface area contributed by atoms with E-state index in [4.69, 9.17) is 10.6 Å². The summed E-state index contributed by atoms with van der Waals surface area (Å²) < 4.78 is 7.48. The summed E-state index contributed by atoms with van der Waals surface area (Å²) in [4.78, 5) is 10.8. The first-order chi connectivity index (χ1) is 8.13. The van der Waals surface area contributed by atoms with Gasteiger partial charge in [0.25, 0.3) is 0 Å². The van der Waals surface area contributed by atoms with Gasteiger partial charge in [-0.1, -0.05) is 15.9 Å². The van der Waals surface area contributed by atoms with Crippen molar-refractivity contribution in [2.45, 2.75) is 19.3 Å². The molecule has 0 atom stereocenters. The maximum absolute atomic E-state index is 10.8. The summed E-state index contributed by atoms with van der Waals surface area (Å²) in [7, 11) is 0. The maximum atomic E-state index is 10.8. The van der Waals surface area contributed by atoms with E-state index in [1.54, 1.807) is 0 Å². The second kappa shape index (κ2) is 7.68. The number of amides is 1. The van der Waals surface area contributed by atoms with Crippen molar-refractivity contribution in [2.24, 2.45) is 5.84 Å². The first kappa shape index (κ1) is 14.5. The zero-order valence-electron chi connectivity index (χ0n) is 9.21. The topological polar surface area (TPSA) is 64.3 Å². The van der Waals surface area contributed by atoms with Crippen molar-refractivity contribution in [2.75, 3.05) is 6.61 Å². The summed E-state index contributed by atoms with van der Waals surface area (Å²) in [6.07, 6.45) is 2.01. The molecule has 1 aromatic rings. The van der Waals surface area contributed by atoms with Gasteiger partial charge in [-0.25, -0.2) is 5.84 Å². The lowest BCUT2D eigenvalue weighted by atomic mass is 10.2. The molecule has 0 bridgehead atoms. The molecule has 17 heavy (non-hydrogen) atoms. The normalized spacial score (nSPS) is 10.1. The van der Waals surface area contributed by atoms with Gasteiger partial charge in [-0.05, 0) is 47.0 Å². The summed E-state index contributed by atoms with van der Waals surface area (Å²) in [5, 5.41) is 0. The molecule has 1 aromatic carbocycles. The van der Waals surface area contributed by atoms with E-state index in [-0.39, 0.29) is 5.91 Å². The van der Waals surface area contributed by atoms with E-state index >= 15 is 0 Å². The second-order valence-electron chi connectivity index (χ2n) is 3.45. The van der Waals surface area contributed by atoms with E-state index in [2.05, 4.69) is 37.3 Å². The molecule has 0 aromatic heterocycles. The molecule has 6 heteroatoms. The number of carbonyl (C=O) groups is 1. The molecule has 0 spiro atoms. The van der Waals surface area contributed by atoms with Gasteiger partial charge in [0, 0.05) is 10.9 Å². The van der Waals surface area contributed by atoms with Crippen molar-refractivity contribution in [1.29, 1.82) is 0 Å². The largest absolute Gasteiger partial charge is 0.492 e. The lowest BCUT2D eigenvalue weighted by Crippen LogP contribution is -2.29. The molecule has 0 fully saturated rings. The van der Waals surface area contributed by atoms with Crippen molar-refractivity contribution >= 4 is 37.8 Å². The third-order valence-electron chi connectivity index (χ3n) is 2.11. The Balaban J connectivity index is 2.24. The quantitative estimate of drug-likeness (QED) is 0.352. The molecule has 0 saturated heterocycles. The fourth-order valence-electron chi connectivity index (χ4n) is 1.23. The van der Waals surface area contributed by atoms with Crippen LogP contribution in [0.1, 0.15) is 19.3 Å². The number of rotatable bonds is 6. The Morgan fingerprint density at radius 1 is 1.35 bits per heavy atom. The molecule has 4 nitrogen and oxygen atoms in total. The van der Waals surface area contributed by atoms with Crippen molar-refractivity contribution in [3.05, 3.63) is 27.1 Å². The predicted octanol–water partition coefficient (Wildman–Crippen LogP) is 2.75. The third-order valence-corrected chi connectivity index (χ3v) is 3.22. The van der Waals surface area contributed by atoms with Crippen molar-refractivity contribution in [3.63, 3.8) is 0 Å². The Hall–Kier alpha value is -0.590. The van der Waals surface area contributed by atoms with Gasteiger partial charge in [-0.2, -0.15) is 0 Å². The Morgan fingerprint density at radius 3 is 2.76 bits per heavy atom. The number of hydrazine groups is 1. The number of unbranched alkanes of at least 4 members (excludes halogenated alkanes) is 1. The average Bonchev–Trinajstić information content (AvgIpc) is 2.30. The molecular weight excluding hydrogens is 352 g/mol. The number of halogens is 2. The van der Waals surface area contributed by atoms with Crippen LogP contribution in [0.4, 0.5) is 0 Å². The lowest BCUT2D eigenvalue weighted by molar-refractivity contribution is -0.121. The highest BCUT2D eigenvalue weighted by Crippen LogP contribution is 2.28. The number of hydrogen-bond acceptors (Lipinski definition) is 3. The number of benzene rings is 1. The Labute approximate surface area is 117 Å². The molecule has 1 amide bonds. The fourth-order valence-corrected chi connectivity index (χ4v) is 2.40. The number of hydrogen-bond donors (Lipinski definition) is 2. The van der Waals surface area contributed by atoms with E-state index in [9.17, 15) is 4.79 Å². The molecule has 0 saturated carbocycles. The number of ether oxygens (including phenoxy) is 1. The Bertz CT molecular complexity index is 386. The zero-order chi connectivity index (χ0) is 12.7. The minimum atomic E-state index is -0.144. The molecule has 3 N–H and O–H groups in total. The van der Waals surface area contributed by atoms with Gasteiger partial charge in [0.15, 0.2) is 0 Å². The highest BCUT2D eigenvalue weighted by Gasteiger charge is 2.02. The Morgan fingerprint density at radius 2 is 2.12 bits per heavy atom. The summed E-state index contributed by atoms with van der Waals surface area (Å²) in [6.45, 7) is 0.581. The lowest BCUT2D eigenvalue weighted by Gasteiger charge is -2.08. The Kier molecular flexibility index (Phi) is 6.54. The highest BCUT2D eigenvalue weighted by atomic mass is 79.9. The zero-order valence-corrected chi connectivity index (χ0v) is 12.4. The molecule has 0 radical (unpaired) electrons. The molecule has 0 unspecified atom stereocenters. The summed E-state index contributed by atoms with van der Waals surface area (Å²) in [5.74, 6) is 5.63. The molecule has 0 heterocycles. The van der Waals surface area contributed by atoms with E-state index in [0.717, 1.165) is 27.5 Å². The number of carbonyl (C=O) groups excluding carboxylic acids is 1. The average molecular weight is 366 g/mol. The van der Waals surface area contributed by atoms with Crippen molar-refractivity contribution < 1.29 is 9.53 Å². The SMILES string of the molecule is NNC(=O)CCCCOc1ccc(Br)cc1Br. The van der Waals surface area contributed by atoms with Gasteiger partial charge in [-0.3, -0.25) is 10.2 Å². The van der Waals surface area contributed by atoms with E-state index in [0.29, 0.717) is 13.0 Å². The van der Waals surface area contributed by atoms with Crippen LogP contribution in [0.15, 0.2) is 27.1 Å². The predicted molar refractivity (Wildman–Crippen MR) is 73.5 cm³/mol. The van der Waals surface area contributed by atoms with Crippen LogP contribution in [0.5, 0.6) is 5.75 Å². The molecule has 0 aliphatic heterocycles. The van der Waals surface area contributed by atoms with E-state index in [1.807, 2.05) is 18.2 Å². The second-order valence-corrected chi connectivity index (χ2v) is 5.22. The van der Waals surface area contributed by atoms with Gasteiger partial charge in [0.2, 0.25) is 5.91 Å². The monoisotopic (exact) mass is 364 g/mol. The van der Waals surface area contributed by atoms with Crippen LogP contribution in [-0.4, -0.2) is 12.5 Å². The van der Waals surface area contributed by atoms with Gasteiger partial charge in [0.1, 0.15) is 5.75 Å². The van der Waals surface area contributed by atoms with Crippen molar-refractivity contribution in [3.8, 4) is 5.75 Å². The number of nitrogens with two attached hydrogens (primary N) is 1. The van der Waals surface area contributed by atoms with Crippen LogP contribution < -0.4 is 16.0 Å². The molecule has 94 valence electrons. The smallest absolute Gasteiger partial charge is 0.233 e. The van der Waals surface area contributed by atoms with Gasteiger partial charge in [-0.15, -0.1) is 0 Å². The first-order valence-electron chi connectivity index (χ1n) is 5.21. The number of nitrogens with one attached hydrogen (secondary N) is 1. The first-order valence-corrected chi connectivity index (χ1v) is 6.79. The highest BCUT2D eigenvalue weighted by molar-refractivity contribution is 9.11. The maximum Gasteiger partial charge on any atom is 0.233 e. The van der Waals surface area contributed by atoms with Crippen LogP contribution in [0.3, 0.4) is 0 Å². The fraction of sp³-hybridized carbons (Fsp3) is 0.364. The summed E-state index contributed by atoms with van der Waals surface area (Å²) in [5.41, 5.74) is 2.10. The van der Waals surface area contributed by atoms with Gasteiger partial charge >= 0.3 is 0 Å². The molecule has 0 aliphatic rings. The van der Waals surface area contributed by atoms with E-state index < -0.39 is 0 Å². The van der Waals surface area contributed by atoms with Crippen LogP contribution >= 0.6 is 31.9 Å². The minimum Gasteiger partial charge on any atom is -0.492 e. The summed E-state index contributed by atoms with van der Waals surface area (Å²) >= 11 is 6.79. The van der Waals surface area contributed by atoms with Gasteiger partial charge in [0.05, 0.1) is 11.1 Å².